The lowest BCUT2D eigenvalue weighted by molar-refractivity contribution is -0.116. The highest BCUT2D eigenvalue weighted by atomic mass is 35.5. The summed E-state index contributed by atoms with van der Waals surface area (Å²) in [5.41, 5.74) is 0. The van der Waals surface area contributed by atoms with Gasteiger partial charge in [-0.05, 0) is 37.8 Å². The summed E-state index contributed by atoms with van der Waals surface area (Å²) in [6.45, 7) is 2.27. The normalized spacial score (nSPS) is 14.3. The number of aromatic nitrogens is 3. The number of piperidine rings is 1. The van der Waals surface area contributed by atoms with E-state index in [2.05, 4.69) is 25.4 Å². The highest BCUT2D eigenvalue weighted by Gasteiger charge is 2.16. The number of H-pyrrole nitrogens is 1. The zero-order chi connectivity index (χ0) is 18.4. The first-order chi connectivity index (χ1) is 12.6. The first-order valence-corrected chi connectivity index (χ1v) is 9.43. The molecule has 0 aliphatic carbocycles. The predicted octanol–water partition coefficient (Wildman–Crippen LogP) is 3.90. The SMILES string of the molecule is O=C(CCCOc1cccc(Cl)c1Cl)Nc1nc(N2CCCCC2)n[nH]1. The summed E-state index contributed by atoms with van der Waals surface area (Å²) in [4.78, 5) is 18.5. The summed E-state index contributed by atoms with van der Waals surface area (Å²) < 4.78 is 5.56. The third kappa shape index (κ3) is 5.02. The van der Waals surface area contributed by atoms with E-state index in [1.165, 1.54) is 6.42 Å². The van der Waals surface area contributed by atoms with Gasteiger partial charge in [0.2, 0.25) is 17.8 Å². The quantitative estimate of drug-likeness (QED) is 0.692. The number of hydrogen-bond acceptors (Lipinski definition) is 5. The van der Waals surface area contributed by atoms with Crippen molar-refractivity contribution in [1.82, 2.24) is 15.2 Å². The number of ether oxygens (including phenoxy) is 1. The fraction of sp³-hybridized carbons (Fsp3) is 0.471. The molecule has 1 aromatic carbocycles. The average Bonchev–Trinajstić information content (AvgIpc) is 3.11. The predicted molar refractivity (Wildman–Crippen MR) is 102 cm³/mol. The van der Waals surface area contributed by atoms with Gasteiger partial charge in [0, 0.05) is 19.5 Å². The maximum Gasteiger partial charge on any atom is 0.246 e. The molecule has 3 rings (SSSR count). The molecule has 2 heterocycles. The first-order valence-electron chi connectivity index (χ1n) is 8.67. The maximum atomic E-state index is 12.0. The van der Waals surface area contributed by atoms with Crippen LogP contribution in [0.25, 0.3) is 0 Å². The van der Waals surface area contributed by atoms with Gasteiger partial charge in [0.15, 0.2) is 0 Å². The lowest BCUT2D eigenvalue weighted by Gasteiger charge is -2.24. The van der Waals surface area contributed by atoms with Crippen LogP contribution in [0.1, 0.15) is 32.1 Å². The Hall–Kier alpha value is -1.99. The van der Waals surface area contributed by atoms with E-state index >= 15 is 0 Å². The van der Waals surface area contributed by atoms with E-state index in [4.69, 9.17) is 27.9 Å². The summed E-state index contributed by atoms with van der Waals surface area (Å²) >= 11 is 12.0. The number of hydrogen-bond donors (Lipinski definition) is 2. The summed E-state index contributed by atoms with van der Waals surface area (Å²) in [5.74, 6) is 1.38. The molecule has 0 saturated carbocycles. The summed E-state index contributed by atoms with van der Waals surface area (Å²) in [5, 5.41) is 10.5. The minimum Gasteiger partial charge on any atom is -0.492 e. The number of amides is 1. The second-order valence-electron chi connectivity index (χ2n) is 6.08. The van der Waals surface area contributed by atoms with E-state index < -0.39 is 0 Å². The Morgan fingerprint density at radius 1 is 1.27 bits per heavy atom. The number of anilines is 2. The van der Waals surface area contributed by atoms with Crippen molar-refractivity contribution in [2.75, 3.05) is 29.9 Å². The van der Waals surface area contributed by atoms with Gasteiger partial charge in [-0.15, -0.1) is 5.10 Å². The van der Waals surface area contributed by atoms with Crippen LogP contribution in [0.3, 0.4) is 0 Å². The third-order valence-electron chi connectivity index (χ3n) is 4.09. The standard InChI is InChI=1S/C17H21Cl2N5O2/c18-12-6-4-7-13(15(12)19)26-11-5-8-14(25)20-16-21-17(23-22-16)24-9-2-1-3-10-24/h4,6-7H,1-3,5,8-11H2,(H2,20,21,22,23,25). The average molecular weight is 398 g/mol. The Kier molecular flexibility index (Phi) is 6.57. The Morgan fingerprint density at radius 2 is 2.08 bits per heavy atom. The minimum atomic E-state index is -0.146. The molecule has 1 aliphatic heterocycles. The largest absolute Gasteiger partial charge is 0.492 e. The second kappa shape index (κ2) is 9.09. The Bertz CT molecular complexity index is 747. The van der Waals surface area contributed by atoms with Crippen molar-refractivity contribution in [1.29, 1.82) is 0 Å². The molecule has 0 atom stereocenters. The van der Waals surface area contributed by atoms with Crippen LogP contribution >= 0.6 is 23.2 Å². The first kappa shape index (κ1) is 18.8. The molecule has 1 aromatic heterocycles. The highest BCUT2D eigenvalue weighted by molar-refractivity contribution is 6.42. The summed E-state index contributed by atoms with van der Waals surface area (Å²) in [7, 11) is 0. The molecule has 140 valence electrons. The lowest BCUT2D eigenvalue weighted by atomic mass is 10.1. The van der Waals surface area contributed by atoms with Gasteiger partial charge in [-0.1, -0.05) is 29.3 Å². The van der Waals surface area contributed by atoms with Crippen LogP contribution < -0.4 is 15.0 Å². The van der Waals surface area contributed by atoms with Crippen LogP contribution in [0.2, 0.25) is 10.0 Å². The number of benzene rings is 1. The van der Waals surface area contributed by atoms with E-state index in [1.54, 1.807) is 18.2 Å². The molecule has 0 bridgehead atoms. The van der Waals surface area contributed by atoms with Gasteiger partial charge in [-0.25, -0.2) is 5.10 Å². The van der Waals surface area contributed by atoms with Gasteiger partial charge in [-0.2, -0.15) is 4.98 Å². The molecule has 0 spiro atoms. The lowest BCUT2D eigenvalue weighted by Crippen LogP contribution is -2.30. The van der Waals surface area contributed by atoms with Crippen molar-refractivity contribution in [3.8, 4) is 5.75 Å². The third-order valence-corrected chi connectivity index (χ3v) is 4.89. The van der Waals surface area contributed by atoms with Crippen LogP contribution in [-0.2, 0) is 4.79 Å². The van der Waals surface area contributed by atoms with Crippen LogP contribution in [0.4, 0.5) is 11.9 Å². The molecule has 1 aliphatic rings. The minimum absolute atomic E-state index is 0.146. The zero-order valence-corrected chi connectivity index (χ0v) is 15.8. The van der Waals surface area contributed by atoms with Gasteiger partial charge in [0.25, 0.3) is 0 Å². The summed E-state index contributed by atoms with van der Waals surface area (Å²) in [6.07, 6.45) is 4.38. The van der Waals surface area contributed by atoms with Crippen molar-refractivity contribution in [2.45, 2.75) is 32.1 Å². The maximum absolute atomic E-state index is 12.0. The molecule has 0 radical (unpaired) electrons. The highest BCUT2D eigenvalue weighted by Crippen LogP contribution is 2.31. The van der Waals surface area contributed by atoms with Crippen molar-refractivity contribution in [3.05, 3.63) is 28.2 Å². The number of aromatic amines is 1. The number of carbonyl (C=O) groups excluding carboxylic acids is 1. The monoisotopic (exact) mass is 397 g/mol. The van der Waals surface area contributed by atoms with Crippen LogP contribution in [0, 0.1) is 0 Å². The fourth-order valence-corrected chi connectivity index (χ4v) is 3.10. The Morgan fingerprint density at radius 3 is 2.88 bits per heavy atom. The Balaban J connectivity index is 1.40. The van der Waals surface area contributed by atoms with Gasteiger partial charge >= 0.3 is 0 Å². The van der Waals surface area contributed by atoms with E-state index in [0.29, 0.717) is 47.1 Å². The number of rotatable bonds is 7. The molecule has 2 N–H and O–H groups in total. The van der Waals surface area contributed by atoms with Crippen molar-refractivity contribution >= 4 is 41.0 Å². The summed E-state index contributed by atoms with van der Waals surface area (Å²) in [6, 6.07) is 5.20. The molecular weight excluding hydrogens is 377 g/mol. The number of nitrogens with one attached hydrogen (secondary N) is 2. The smallest absolute Gasteiger partial charge is 0.246 e. The van der Waals surface area contributed by atoms with Crippen LogP contribution in [0.15, 0.2) is 18.2 Å². The fourth-order valence-electron chi connectivity index (χ4n) is 2.75. The molecule has 2 aromatic rings. The van der Waals surface area contributed by atoms with Crippen LogP contribution in [0.5, 0.6) is 5.75 Å². The Labute approximate surface area is 162 Å². The van der Waals surface area contributed by atoms with E-state index in [1.807, 2.05) is 0 Å². The van der Waals surface area contributed by atoms with E-state index in [0.717, 1.165) is 25.9 Å². The topological polar surface area (TPSA) is 83.1 Å². The number of halogens is 2. The molecule has 7 nitrogen and oxygen atoms in total. The second-order valence-corrected chi connectivity index (χ2v) is 6.87. The zero-order valence-electron chi connectivity index (χ0n) is 14.3. The molecule has 1 saturated heterocycles. The molecule has 9 heteroatoms. The van der Waals surface area contributed by atoms with Gasteiger partial charge < -0.3 is 9.64 Å². The van der Waals surface area contributed by atoms with E-state index in [-0.39, 0.29) is 5.91 Å². The van der Waals surface area contributed by atoms with E-state index in [9.17, 15) is 4.79 Å². The van der Waals surface area contributed by atoms with Crippen LogP contribution in [-0.4, -0.2) is 40.8 Å². The van der Waals surface area contributed by atoms with Gasteiger partial charge in [0.05, 0.1) is 11.6 Å². The van der Waals surface area contributed by atoms with Crippen molar-refractivity contribution in [3.63, 3.8) is 0 Å². The molecule has 0 unspecified atom stereocenters. The molecule has 26 heavy (non-hydrogen) atoms. The number of carbonyl (C=O) groups is 1. The van der Waals surface area contributed by atoms with Crippen molar-refractivity contribution < 1.29 is 9.53 Å². The van der Waals surface area contributed by atoms with Crippen molar-refractivity contribution in [2.24, 2.45) is 0 Å². The molecule has 1 fully saturated rings. The number of nitrogens with zero attached hydrogens (tertiary/aromatic N) is 3. The van der Waals surface area contributed by atoms with Gasteiger partial charge in [-0.3, -0.25) is 10.1 Å². The molecule has 1 amide bonds. The molecular formula is C17H21Cl2N5O2. The van der Waals surface area contributed by atoms with Gasteiger partial charge in [0.1, 0.15) is 10.8 Å².